The van der Waals surface area contributed by atoms with Crippen LogP contribution >= 0.6 is 35.4 Å². The maximum atomic E-state index is 5.56. The van der Waals surface area contributed by atoms with E-state index in [-0.39, 0.29) is 0 Å². The number of rotatable bonds is 3. The topological polar surface area (TPSA) is 9.23 Å². The summed E-state index contributed by atoms with van der Waals surface area (Å²) in [5.41, 5.74) is 1.28. The first-order chi connectivity index (χ1) is 4.70. The zero-order valence-electron chi connectivity index (χ0n) is 5.56. The fraction of sp³-hybridized carbons (Fsp3) is 0.500. The lowest BCUT2D eigenvalue weighted by molar-refractivity contribution is 0.330. The molecule has 0 spiro atoms. The molecule has 0 aliphatic heterocycles. The van der Waals surface area contributed by atoms with Gasteiger partial charge < -0.3 is 4.74 Å². The Morgan fingerprint density at radius 2 is 2.30 bits per heavy atom. The second-order valence-electron chi connectivity index (χ2n) is 1.54. The van der Waals surface area contributed by atoms with Gasteiger partial charge in [-0.15, -0.1) is 0 Å². The zero-order chi connectivity index (χ0) is 7.98. The van der Waals surface area contributed by atoms with E-state index < -0.39 is 0 Å². The van der Waals surface area contributed by atoms with Gasteiger partial charge in [0.05, 0.1) is 13.0 Å². The molecule has 10 heavy (non-hydrogen) atoms. The average Bonchev–Trinajstić information content (AvgIpc) is 1.88. The van der Waals surface area contributed by atoms with E-state index in [1.165, 1.54) is 5.54 Å². The minimum atomic E-state index is 0.425. The van der Waals surface area contributed by atoms with Crippen LogP contribution in [0.15, 0.2) is 10.6 Å². The second kappa shape index (κ2) is 5.96. The van der Waals surface area contributed by atoms with Gasteiger partial charge in [-0.1, -0.05) is 23.2 Å². The highest BCUT2D eigenvalue weighted by Gasteiger charge is 1.98. The third kappa shape index (κ3) is 5.03. The molecule has 0 radical (unpaired) electrons. The van der Waals surface area contributed by atoms with Crippen molar-refractivity contribution in [1.82, 2.24) is 0 Å². The van der Waals surface area contributed by atoms with Crippen LogP contribution in [0.25, 0.3) is 0 Å². The Balaban J connectivity index is 3.58. The minimum absolute atomic E-state index is 0.425. The Bertz CT molecular complexity index is 145. The van der Waals surface area contributed by atoms with Crippen molar-refractivity contribution in [2.75, 3.05) is 6.61 Å². The van der Waals surface area contributed by atoms with Gasteiger partial charge in [0, 0.05) is 10.6 Å². The van der Waals surface area contributed by atoms with E-state index in [2.05, 4.69) is 0 Å². The van der Waals surface area contributed by atoms with Crippen LogP contribution in [0.4, 0.5) is 0 Å². The lowest BCUT2D eigenvalue weighted by atomic mass is 10.4. The standard InChI is InChI=1S/C6H8Cl2OS/c1-2-9-6(10)3-5(8)4-7/h4H,2-3H2,1H3. The van der Waals surface area contributed by atoms with Gasteiger partial charge in [0.25, 0.3) is 0 Å². The molecular formula is C6H8Cl2OS. The molecule has 0 bridgehead atoms. The van der Waals surface area contributed by atoms with Crippen molar-refractivity contribution in [2.45, 2.75) is 13.3 Å². The third-order valence-corrected chi connectivity index (χ3v) is 1.62. The molecule has 0 amide bonds. The molecule has 1 nitrogen and oxygen atoms in total. The first-order valence-electron chi connectivity index (χ1n) is 2.81. The molecule has 0 aromatic heterocycles. The molecule has 0 atom stereocenters. The molecule has 58 valence electrons. The van der Waals surface area contributed by atoms with E-state index in [0.29, 0.717) is 23.1 Å². The Morgan fingerprint density at radius 3 is 2.70 bits per heavy atom. The van der Waals surface area contributed by atoms with E-state index in [0.717, 1.165) is 0 Å². The molecule has 0 unspecified atom stereocenters. The van der Waals surface area contributed by atoms with Crippen molar-refractivity contribution in [1.29, 1.82) is 0 Å². The maximum absolute atomic E-state index is 5.56. The molecule has 4 heteroatoms. The molecular weight excluding hydrogens is 191 g/mol. The Hall–Kier alpha value is 0.210. The van der Waals surface area contributed by atoms with Gasteiger partial charge in [0.1, 0.15) is 0 Å². The van der Waals surface area contributed by atoms with Crippen molar-refractivity contribution in [3.8, 4) is 0 Å². The highest BCUT2D eigenvalue weighted by molar-refractivity contribution is 7.80. The summed E-state index contributed by atoms with van der Waals surface area (Å²) in [4.78, 5) is 0. The highest BCUT2D eigenvalue weighted by atomic mass is 35.5. The SMILES string of the molecule is CCOC(=S)CC(Cl)=CCl. The number of hydrogen-bond donors (Lipinski definition) is 0. The van der Waals surface area contributed by atoms with Gasteiger partial charge in [0.15, 0.2) is 5.05 Å². The van der Waals surface area contributed by atoms with Crippen LogP contribution in [0.3, 0.4) is 0 Å². The monoisotopic (exact) mass is 198 g/mol. The number of ether oxygens (including phenoxy) is 1. The highest BCUT2D eigenvalue weighted by Crippen LogP contribution is 2.10. The number of thiocarbonyl (C=S) groups is 1. The van der Waals surface area contributed by atoms with E-state index >= 15 is 0 Å². The summed E-state index contributed by atoms with van der Waals surface area (Å²) in [6, 6.07) is 0. The van der Waals surface area contributed by atoms with Gasteiger partial charge >= 0.3 is 0 Å². The average molecular weight is 199 g/mol. The fourth-order valence-electron chi connectivity index (χ4n) is 0.388. The van der Waals surface area contributed by atoms with Crippen molar-refractivity contribution in [3.05, 3.63) is 10.6 Å². The van der Waals surface area contributed by atoms with Crippen LogP contribution in [0, 0.1) is 0 Å². The van der Waals surface area contributed by atoms with E-state index in [9.17, 15) is 0 Å². The largest absolute Gasteiger partial charge is 0.487 e. The summed E-state index contributed by atoms with van der Waals surface area (Å²) in [6.45, 7) is 2.44. The summed E-state index contributed by atoms with van der Waals surface area (Å²) < 4.78 is 4.96. The minimum Gasteiger partial charge on any atom is -0.487 e. The zero-order valence-corrected chi connectivity index (χ0v) is 7.89. The summed E-state index contributed by atoms with van der Waals surface area (Å²) in [5, 5.41) is 0.976. The Morgan fingerprint density at radius 1 is 1.70 bits per heavy atom. The number of hydrogen-bond acceptors (Lipinski definition) is 2. The van der Waals surface area contributed by atoms with Gasteiger partial charge in [0.2, 0.25) is 0 Å². The Labute approximate surface area is 76.0 Å². The van der Waals surface area contributed by atoms with Crippen LogP contribution in [0.2, 0.25) is 0 Å². The predicted octanol–water partition coefficient (Wildman–Crippen LogP) is 3.06. The van der Waals surface area contributed by atoms with Crippen LogP contribution in [-0.2, 0) is 4.74 Å². The van der Waals surface area contributed by atoms with Crippen LogP contribution < -0.4 is 0 Å². The van der Waals surface area contributed by atoms with Gasteiger partial charge in [-0.25, -0.2) is 0 Å². The maximum Gasteiger partial charge on any atom is 0.164 e. The molecule has 0 aliphatic rings. The lowest BCUT2D eigenvalue weighted by Crippen LogP contribution is -2.00. The first-order valence-corrected chi connectivity index (χ1v) is 4.03. The van der Waals surface area contributed by atoms with E-state index in [1.807, 2.05) is 6.92 Å². The molecule has 0 saturated carbocycles. The molecule has 0 aromatic carbocycles. The van der Waals surface area contributed by atoms with E-state index in [1.54, 1.807) is 0 Å². The summed E-state index contributed by atoms with van der Waals surface area (Å²) >= 11 is 15.6. The predicted molar refractivity (Wildman–Crippen MR) is 48.6 cm³/mol. The Kier molecular flexibility index (Phi) is 6.08. The van der Waals surface area contributed by atoms with Crippen LogP contribution in [0.1, 0.15) is 13.3 Å². The van der Waals surface area contributed by atoms with Crippen molar-refractivity contribution >= 4 is 40.5 Å². The third-order valence-electron chi connectivity index (χ3n) is 0.737. The molecule has 0 aliphatic carbocycles. The summed E-state index contributed by atoms with van der Waals surface area (Å²) in [5.74, 6) is 0. The van der Waals surface area contributed by atoms with Crippen LogP contribution in [-0.4, -0.2) is 11.7 Å². The van der Waals surface area contributed by atoms with Crippen LogP contribution in [0.5, 0.6) is 0 Å². The fourth-order valence-corrected chi connectivity index (χ4v) is 0.940. The van der Waals surface area contributed by atoms with Gasteiger partial charge in [-0.2, -0.15) is 0 Å². The molecule has 0 rings (SSSR count). The molecule has 0 saturated heterocycles. The van der Waals surface area contributed by atoms with Crippen molar-refractivity contribution in [2.24, 2.45) is 0 Å². The summed E-state index contributed by atoms with van der Waals surface area (Å²) in [6.07, 6.45) is 0.425. The van der Waals surface area contributed by atoms with Crippen molar-refractivity contribution < 1.29 is 4.74 Å². The first kappa shape index (κ1) is 10.2. The van der Waals surface area contributed by atoms with Gasteiger partial charge in [-0.3, -0.25) is 0 Å². The van der Waals surface area contributed by atoms with Crippen molar-refractivity contribution in [3.63, 3.8) is 0 Å². The lowest BCUT2D eigenvalue weighted by Gasteiger charge is -2.01. The second-order valence-corrected chi connectivity index (χ2v) is 2.70. The molecule has 0 aromatic rings. The smallest absolute Gasteiger partial charge is 0.164 e. The molecule has 0 fully saturated rings. The summed E-state index contributed by atoms with van der Waals surface area (Å²) in [7, 11) is 0. The normalized spacial score (nSPS) is 11.3. The number of halogens is 2. The van der Waals surface area contributed by atoms with E-state index in [4.69, 9.17) is 40.2 Å². The molecule has 0 N–H and O–H groups in total. The van der Waals surface area contributed by atoms with Gasteiger partial charge in [-0.05, 0) is 19.1 Å². The molecule has 0 heterocycles. The quantitative estimate of drug-likeness (QED) is 0.646.